The van der Waals surface area contributed by atoms with Crippen LogP contribution in [0.1, 0.15) is 317 Å². The average Bonchev–Trinajstić information content (AvgIpc) is 3.26. The average molecular weight is 877 g/mol. The number of hydrogen-bond donors (Lipinski definition) is 0. The maximum Gasteiger partial charge on any atom is 0.306 e. The molecule has 0 bridgehead atoms. The molecule has 0 aromatic heterocycles. The van der Waals surface area contributed by atoms with Crippen LogP contribution in [0.5, 0.6) is 0 Å². The molecule has 6 nitrogen and oxygen atoms in total. The third-order valence-corrected chi connectivity index (χ3v) is 12.8. The van der Waals surface area contributed by atoms with Crippen LogP contribution in [0, 0.1) is 5.92 Å². The van der Waals surface area contributed by atoms with E-state index in [0.29, 0.717) is 19.3 Å². The minimum atomic E-state index is -0.760. The predicted octanol–water partition coefficient (Wildman–Crippen LogP) is 18.2. The van der Waals surface area contributed by atoms with Crippen molar-refractivity contribution in [2.45, 2.75) is 323 Å². The number of rotatable bonds is 51. The van der Waals surface area contributed by atoms with E-state index in [-0.39, 0.29) is 31.1 Å². The molecule has 0 rings (SSSR count). The molecule has 0 fully saturated rings. The van der Waals surface area contributed by atoms with Crippen LogP contribution in [0.25, 0.3) is 0 Å². The maximum atomic E-state index is 12.8. The second-order valence-electron chi connectivity index (χ2n) is 19.7. The summed E-state index contributed by atoms with van der Waals surface area (Å²) in [5.74, 6) is 0.00672. The zero-order valence-electron chi connectivity index (χ0n) is 42.3. The Hall–Kier alpha value is -1.59. The van der Waals surface area contributed by atoms with E-state index >= 15 is 0 Å². The molecule has 0 aromatic carbocycles. The molecule has 368 valence electrons. The van der Waals surface area contributed by atoms with Crippen LogP contribution >= 0.6 is 0 Å². The van der Waals surface area contributed by atoms with Crippen LogP contribution in [0.15, 0.2) is 0 Å². The third-order valence-electron chi connectivity index (χ3n) is 12.8. The number of unbranched alkanes of at least 4 members (excludes halogenated alkanes) is 38. The van der Waals surface area contributed by atoms with Crippen LogP contribution in [0.2, 0.25) is 0 Å². The third kappa shape index (κ3) is 49.4. The SMILES string of the molecule is CCCCCCCCCCCCCCCCCCCC(=O)OC[C@@H](COC(=O)CCCCCCCCCCC)OC(=O)CCCCCCCCCCCCCCCCCC(C)C. The summed E-state index contributed by atoms with van der Waals surface area (Å²) in [6, 6.07) is 0. The number of hydrogen-bond acceptors (Lipinski definition) is 6. The van der Waals surface area contributed by atoms with Crippen molar-refractivity contribution in [1.29, 1.82) is 0 Å². The van der Waals surface area contributed by atoms with Gasteiger partial charge in [-0.2, -0.15) is 0 Å². The fraction of sp³-hybridized carbons (Fsp3) is 0.946. The molecular weight excluding hydrogens is 769 g/mol. The van der Waals surface area contributed by atoms with Crippen molar-refractivity contribution in [3.63, 3.8) is 0 Å². The van der Waals surface area contributed by atoms with Gasteiger partial charge in [0.05, 0.1) is 0 Å². The lowest BCUT2D eigenvalue weighted by molar-refractivity contribution is -0.167. The Labute approximate surface area is 387 Å². The molecule has 0 aliphatic carbocycles. The normalized spacial score (nSPS) is 12.0. The minimum Gasteiger partial charge on any atom is -0.462 e. The molecule has 6 heteroatoms. The van der Waals surface area contributed by atoms with Gasteiger partial charge in [-0.3, -0.25) is 14.4 Å². The maximum absolute atomic E-state index is 12.8. The molecule has 0 unspecified atom stereocenters. The van der Waals surface area contributed by atoms with Crippen LogP contribution in [0.3, 0.4) is 0 Å². The molecule has 0 N–H and O–H groups in total. The summed E-state index contributed by atoms with van der Waals surface area (Å²) in [6.07, 6.45) is 53.8. The lowest BCUT2D eigenvalue weighted by Crippen LogP contribution is -2.30. The lowest BCUT2D eigenvalue weighted by atomic mass is 10.0. The van der Waals surface area contributed by atoms with Crippen molar-refractivity contribution in [3.8, 4) is 0 Å². The number of esters is 3. The molecule has 0 amide bonds. The van der Waals surface area contributed by atoms with E-state index in [0.717, 1.165) is 63.7 Å². The summed E-state index contributed by atoms with van der Waals surface area (Å²) in [5.41, 5.74) is 0. The van der Waals surface area contributed by atoms with Gasteiger partial charge in [0, 0.05) is 19.3 Å². The van der Waals surface area contributed by atoms with Gasteiger partial charge in [-0.25, -0.2) is 0 Å². The molecule has 0 saturated carbocycles. The Balaban J connectivity index is 4.22. The highest BCUT2D eigenvalue weighted by Gasteiger charge is 2.19. The molecule has 0 aliphatic heterocycles. The predicted molar refractivity (Wildman–Crippen MR) is 266 cm³/mol. The Morgan fingerprint density at radius 1 is 0.306 bits per heavy atom. The van der Waals surface area contributed by atoms with E-state index in [1.165, 1.54) is 212 Å². The smallest absolute Gasteiger partial charge is 0.306 e. The minimum absolute atomic E-state index is 0.0622. The van der Waals surface area contributed by atoms with Gasteiger partial charge in [-0.05, 0) is 25.2 Å². The van der Waals surface area contributed by atoms with Gasteiger partial charge < -0.3 is 14.2 Å². The fourth-order valence-electron chi connectivity index (χ4n) is 8.57. The largest absolute Gasteiger partial charge is 0.462 e. The first kappa shape index (κ1) is 60.4. The molecule has 0 radical (unpaired) electrons. The zero-order valence-corrected chi connectivity index (χ0v) is 42.3. The van der Waals surface area contributed by atoms with Gasteiger partial charge in [-0.1, -0.05) is 278 Å². The van der Waals surface area contributed by atoms with Gasteiger partial charge in [0.1, 0.15) is 13.2 Å². The van der Waals surface area contributed by atoms with Gasteiger partial charge >= 0.3 is 17.9 Å². The summed E-state index contributed by atoms with van der Waals surface area (Å²) in [4.78, 5) is 38.0. The van der Waals surface area contributed by atoms with E-state index in [4.69, 9.17) is 14.2 Å². The number of carbonyl (C=O) groups excluding carboxylic acids is 3. The molecular formula is C56H108O6. The van der Waals surface area contributed by atoms with E-state index in [2.05, 4.69) is 27.7 Å². The Kier molecular flexibility index (Phi) is 49.1. The first-order valence-corrected chi connectivity index (χ1v) is 27.9. The molecule has 0 aliphatic rings. The second-order valence-corrected chi connectivity index (χ2v) is 19.7. The number of carbonyl (C=O) groups is 3. The topological polar surface area (TPSA) is 78.9 Å². The summed E-state index contributed by atoms with van der Waals surface area (Å²) in [7, 11) is 0. The van der Waals surface area contributed by atoms with E-state index in [9.17, 15) is 14.4 Å². The van der Waals surface area contributed by atoms with E-state index in [1.807, 2.05) is 0 Å². The highest BCUT2D eigenvalue weighted by Crippen LogP contribution is 2.18. The highest BCUT2D eigenvalue weighted by molar-refractivity contribution is 5.71. The zero-order chi connectivity index (χ0) is 45.2. The number of ether oxygens (including phenoxy) is 3. The lowest BCUT2D eigenvalue weighted by Gasteiger charge is -2.18. The quantitative estimate of drug-likeness (QED) is 0.0344. The Bertz CT molecular complexity index is 933. The summed E-state index contributed by atoms with van der Waals surface area (Å²) >= 11 is 0. The molecule has 0 aromatic rings. The molecule has 1 atom stereocenters. The van der Waals surface area contributed by atoms with Gasteiger partial charge in [-0.15, -0.1) is 0 Å². The Morgan fingerprint density at radius 2 is 0.532 bits per heavy atom. The molecule has 0 saturated heterocycles. The monoisotopic (exact) mass is 877 g/mol. The Morgan fingerprint density at radius 3 is 0.790 bits per heavy atom. The molecule has 0 spiro atoms. The fourth-order valence-corrected chi connectivity index (χ4v) is 8.57. The summed E-state index contributed by atoms with van der Waals surface area (Å²) in [5, 5.41) is 0. The van der Waals surface area contributed by atoms with Gasteiger partial charge in [0.2, 0.25) is 0 Å². The van der Waals surface area contributed by atoms with E-state index in [1.54, 1.807) is 0 Å². The van der Waals surface area contributed by atoms with Crippen LogP contribution in [-0.4, -0.2) is 37.2 Å². The van der Waals surface area contributed by atoms with Crippen LogP contribution < -0.4 is 0 Å². The van der Waals surface area contributed by atoms with Crippen molar-refractivity contribution >= 4 is 17.9 Å². The van der Waals surface area contributed by atoms with Crippen LogP contribution in [-0.2, 0) is 28.6 Å². The van der Waals surface area contributed by atoms with Gasteiger partial charge in [0.15, 0.2) is 6.10 Å². The van der Waals surface area contributed by atoms with Gasteiger partial charge in [0.25, 0.3) is 0 Å². The first-order valence-electron chi connectivity index (χ1n) is 27.9. The van der Waals surface area contributed by atoms with Crippen molar-refractivity contribution in [2.75, 3.05) is 13.2 Å². The first-order chi connectivity index (χ1) is 30.4. The van der Waals surface area contributed by atoms with Crippen molar-refractivity contribution in [3.05, 3.63) is 0 Å². The van der Waals surface area contributed by atoms with Crippen molar-refractivity contribution in [1.82, 2.24) is 0 Å². The van der Waals surface area contributed by atoms with Crippen LogP contribution in [0.4, 0.5) is 0 Å². The second kappa shape index (κ2) is 50.4. The standard InChI is InChI=1S/C56H108O6/c1-5-7-9-11-13-15-16-17-18-19-22-25-28-32-36-40-44-48-55(58)61-51-53(50-60-54(57)47-43-39-35-30-14-12-10-8-6-2)62-56(59)49-45-41-37-33-29-26-23-20-21-24-27-31-34-38-42-46-52(3)4/h52-53H,5-51H2,1-4H3/t53-/m1/s1. The highest BCUT2D eigenvalue weighted by atomic mass is 16.6. The van der Waals surface area contributed by atoms with Crippen molar-refractivity contribution < 1.29 is 28.6 Å². The molecule has 0 heterocycles. The van der Waals surface area contributed by atoms with Crippen molar-refractivity contribution in [2.24, 2.45) is 5.92 Å². The summed E-state index contributed by atoms with van der Waals surface area (Å²) < 4.78 is 16.8. The summed E-state index contributed by atoms with van der Waals surface area (Å²) in [6.45, 7) is 9.04. The molecule has 62 heavy (non-hydrogen) atoms. The van der Waals surface area contributed by atoms with E-state index < -0.39 is 6.10 Å².